The Morgan fingerprint density at radius 1 is 1.11 bits per heavy atom. The number of hydrogen-bond donors (Lipinski definition) is 1. The second-order valence-electron chi connectivity index (χ2n) is 8.32. The summed E-state index contributed by atoms with van der Waals surface area (Å²) < 4.78 is 6.03. The van der Waals surface area contributed by atoms with Crippen LogP contribution in [0.25, 0.3) is 11.0 Å². The third-order valence-electron chi connectivity index (χ3n) is 6.18. The summed E-state index contributed by atoms with van der Waals surface area (Å²) >= 11 is 9.44. The highest BCUT2D eigenvalue weighted by atomic mass is 35.5. The normalized spacial score (nSPS) is 16.8. The zero-order chi connectivity index (χ0) is 24.5. The van der Waals surface area contributed by atoms with Crippen LogP contribution in [-0.4, -0.2) is 94.0 Å². The van der Waals surface area contributed by atoms with E-state index in [9.17, 15) is 9.59 Å². The molecule has 0 unspecified atom stereocenters. The van der Waals surface area contributed by atoms with Gasteiger partial charge in [-0.2, -0.15) is 0 Å². The number of nitrogens with one attached hydrogen (secondary N) is 1. The lowest BCUT2D eigenvalue weighted by Crippen LogP contribution is -2.48. The van der Waals surface area contributed by atoms with Crippen molar-refractivity contribution in [3.05, 3.63) is 21.8 Å². The van der Waals surface area contributed by atoms with Crippen LogP contribution in [0.1, 0.15) is 30.0 Å². The fraction of sp³-hybridized carbons (Fsp3) is 0.500. The first-order valence-corrected chi connectivity index (χ1v) is 13.6. The number of ether oxygens (including phenoxy) is 1. The van der Waals surface area contributed by atoms with E-state index in [0.29, 0.717) is 78.3 Å². The predicted molar refractivity (Wildman–Crippen MR) is 136 cm³/mol. The van der Waals surface area contributed by atoms with Gasteiger partial charge >= 0.3 is 0 Å². The van der Waals surface area contributed by atoms with Crippen LogP contribution >= 0.6 is 34.7 Å². The molecule has 0 aromatic carbocycles. The molecule has 1 N–H and O–H groups in total. The van der Waals surface area contributed by atoms with Gasteiger partial charge < -0.3 is 24.4 Å². The average molecular weight is 536 g/mol. The summed E-state index contributed by atoms with van der Waals surface area (Å²) in [5.41, 5.74) is 2.01. The Bertz CT molecular complexity index is 1250. The van der Waals surface area contributed by atoms with E-state index >= 15 is 0 Å². The van der Waals surface area contributed by atoms with Gasteiger partial charge in [-0.25, -0.2) is 15.0 Å². The Morgan fingerprint density at radius 3 is 2.54 bits per heavy atom. The molecular weight excluding hydrogens is 510 g/mol. The first kappa shape index (κ1) is 24.3. The van der Waals surface area contributed by atoms with Crippen molar-refractivity contribution in [3.8, 4) is 0 Å². The third-order valence-corrected chi connectivity index (χ3v) is 8.40. The SMILES string of the molecule is CCc1[nH]c2nc(Sc3nc(C(=O)N4CCOCC4)cs3)nc(N3CCN(C(C)=O)CC3)c2c1Cl. The summed E-state index contributed by atoms with van der Waals surface area (Å²) in [6.07, 6.45) is 0.745. The summed E-state index contributed by atoms with van der Waals surface area (Å²) in [5, 5.41) is 3.74. The predicted octanol–water partition coefficient (Wildman–Crippen LogP) is 2.92. The highest BCUT2D eigenvalue weighted by Gasteiger charge is 2.26. The molecule has 0 spiro atoms. The van der Waals surface area contributed by atoms with Gasteiger partial charge in [0, 0.05) is 57.3 Å². The van der Waals surface area contributed by atoms with Crippen molar-refractivity contribution >= 4 is 63.4 Å². The number of nitrogens with zero attached hydrogens (tertiary/aromatic N) is 6. The van der Waals surface area contributed by atoms with E-state index in [0.717, 1.165) is 23.3 Å². The summed E-state index contributed by atoms with van der Waals surface area (Å²) in [5.74, 6) is 0.747. The monoisotopic (exact) mass is 535 g/mol. The second kappa shape index (κ2) is 10.3. The Labute approximate surface area is 216 Å². The number of morpholine rings is 1. The van der Waals surface area contributed by atoms with Crippen LogP contribution in [-0.2, 0) is 16.0 Å². The molecule has 2 aliphatic heterocycles. The van der Waals surface area contributed by atoms with Crippen molar-refractivity contribution in [3.63, 3.8) is 0 Å². The van der Waals surface area contributed by atoms with E-state index in [1.54, 1.807) is 17.2 Å². The van der Waals surface area contributed by atoms with Gasteiger partial charge in [0.05, 0.1) is 23.6 Å². The number of carbonyl (C=O) groups is 2. The fourth-order valence-electron chi connectivity index (χ4n) is 4.23. The number of thiazole rings is 1. The smallest absolute Gasteiger partial charge is 0.273 e. The molecule has 0 radical (unpaired) electrons. The Morgan fingerprint density at radius 2 is 1.86 bits per heavy atom. The van der Waals surface area contributed by atoms with E-state index < -0.39 is 0 Å². The van der Waals surface area contributed by atoms with Crippen molar-refractivity contribution in [2.24, 2.45) is 0 Å². The largest absolute Gasteiger partial charge is 0.378 e. The number of amides is 2. The third kappa shape index (κ3) is 4.97. The standard InChI is InChI=1S/C22H26ClN7O3S2/c1-3-14-17(23)16-18(24-14)26-21(27-19(16)29-6-4-28(5-7-29)13(2)31)35-22-25-15(12-34-22)20(32)30-8-10-33-11-9-30/h12H,3-11H2,1-2H3,(H,24,26,27). The van der Waals surface area contributed by atoms with Crippen molar-refractivity contribution < 1.29 is 14.3 Å². The maximum atomic E-state index is 12.8. The summed E-state index contributed by atoms with van der Waals surface area (Å²) in [4.78, 5) is 47.8. The maximum absolute atomic E-state index is 12.8. The Kier molecular flexibility index (Phi) is 7.14. The molecular formula is C22H26ClN7O3S2. The number of aryl methyl sites for hydroxylation is 1. The molecule has 0 saturated carbocycles. The minimum absolute atomic E-state index is 0.0767. The fourth-order valence-corrected chi connectivity index (χ4v) is 6.23. The molecule has 10 nitrogen and oxygen atoms in total. The van der Waals surface area contributed by atoms with Gasteiger partial charge in [-0.3, -0.25) is 9.59 Å². The lowest BCUT2D eigenvalue weighted by molar-refractivity contribution is -0.129. The number of H-pyrrole nitrogens is 1. The van der Waals surface area contributed by atoms with Crippen LogP contribution in [0.4, 0.5) is 5.82 Å². The summed E-state index contributed by atoms with van der Waals surface area (Å²) in [6, 6.07) is 0. The van der Waals surface area contributed by atoms with E-state index in [1.807, 2.05) is 11.8 Å². The number of anilines is 1. The molecule has 186 valence electrons. The van der Waals surface area contributed by atoms with Crippen LogP contribution in [0, 0.1) is 0 Å². The van der Waals surface area contributed by atoms with E-state index in [2.05, 4.69) is 14.9 Å². The highest BCUT2D eigenvalue weighted by Crippen LogP contribution is 2.37. The molecule has 2 fully saturated rings. The molecule has 2 aliphatic rings. The number of halogens is 1. The van der Waals surface area contributed by atoms with Gasteiger partial charge in [0.1, 0.15) is 17.2 Å². The zero-order valence-corrected chi connectivity index (χ0v) is 21.9. The minimum Gasteiger partial charge on any atom is -0.378 e. The number of rotatable bonds is 5. The topological polar surface area (TPSA) is 108 Å². The van der Waals surface area contributed by atoms with Crippen LogP contribution in [0.2, 0.25) is 5.02 Å². The summed E-state index contributed by atoms with van der Waals surface area (Å²) in [7, 11) is 0. The number of piperazine rings is 1. The second-order valence-corrected chi connectivity index (χ2v) is 10.8. The molecule has 5 heterocycles. The molecule has 2 saturated heterocycles. The molecule has 3 aromatic heterocycles. The van der Waals surface area contributed by atoms with Crippen molar-refractivity contribution in [1.29, 1.82) is 0 Å². The van der Waals surface area contributed by atoms with Gasteiger partial charge in [-0.15, -0.1) is 11.3 Å². The maximum Gasteiger partial charge on any atom is 0.273 e. The molecule has 0 atom stereocenters. The van der Waals surface area contributed by atoms with Crippen molar-refractivity contribution in [2.75, 3.05) is 57.4 Å². The molecule has 35 heavy (non-hydrogen) atoms. The van der Waals surface area contributed by atoms with Gasteiger partial charge in [0.25, 0.3) is 5.91 Å². The zero-order valence-electron chi connectivity index (χ0n) is 19.5. The van der Waals surface area contributed by atoms with Crippen LogP contribution in [0.3, 0.4) is 0 Å². The number of aromatic nitrogens is 4. The number of aromatic amines is 1. The molecule has 13 heteroatoms. The average Bonchev–Trinajstić information content (AvgIpc) is 3.47. The van der Waals surface area contributed by atoms with Gasteiger partial charge in [0.2, 0.25) is 5.91 Å². The molecule has 0 bridgehead atoms. The van der Waals surface area contributed by atoms with Gasteiger partial charge in [0.15, 0.2) is 9.50 Å². The van der Waals surface area contributed by atoms with Crippen LogP contribution < -0.4 is 4.90 Å². The highest BCUT2D eigenvalue weighted by molar-refractivity contribution is 8.00. The van der Waals surface area contributed by atoms with Gasteiger partial charge in [-0.1, -0.05) is 18.5 Å². The molecule has 0 aliphatic carbocycles. The van der Waals surface area contributed by atoms with Crippen LogP contribution in [0.5, 0.6) is 0 Å². The molecule has 3 aromatic rings. The summed E-state index contributed by atoms with van der Waals surface area (Å²) in [6.45, 7) is 8.46. The first-order chi connectivity index (χ1) is 16.9. The van der Waals surface area contributed by atoms with Crippen LogP contribution in [0.15, 0.2) is 14.9 Å². The van der Waals surface area contributed by atoms with Gasteiger partial charge in [-0.05, 0) is 18.2 Å². The molecule has 5 rings (SSSR count). The van der Waals surface area contributed by atoms with E-state index in [1.165, 1.54) is 23.1 Å². The minimum atomic E-state index is -0.0828. The molecule has 2 amide bonds. The number of carbonyl (C=O) groups excluding carboxylic acids is 2. The first-order valence-electron chi connectivity index (χ1n) is 11.5. The Hall–Kier alpha value is -2.41. The lowest BCUT2D eigenvalue weighted by atomic mass is 10.2. The number of hydrogen-bond acceptors (Lipinski definition) is 9. The van der Waals surface area contributed by atoms with Crippen molar-refractivity contribution in [1.82, 2.24) is 29.7 Å². The quantitative estimate of drug-likeness (QED) is 0.497. The lowest BCUT2D eigenvalue weighted by Gasteiger charge is -2.35. The van der Waals surface area contributed by atoms with E-state index in [4.69, 9.17) is 26.3 Å². The van der Waals surface area contributed by atoms with Crippen molar-refractivity contribution in [2.45, 2.75) is 29.8 Å². The van der Waals surface area contributed by atoms with E-state index in [-0.39, 0.29) is 11.8 Å². The Balaban J connectivity index is 1.42. The number of fused-ring (bicyclic) bond motifs is 1.